The molecule has 44 heavy (non-hydrogen) atoms. The number of benzene rings is 3. The normalized spacial score (nSPS) is 21.2. The highest BCUT2D eigenvalue weighted by molar-refractivity contribution is 6.22. The summed E-state index contributed by atoms with van der Waals surface area (Å²) in [6, 6.07) is 27.1. The second kappa shape index (κ2) is 9.14. The maximum absolute atomic E-state index is 13.6. The van der Waals surface area contributed by atoms with E-state index in [9.17, 15) is 14.7 Å². The zero-order chi connectivity index (χ0) is 30.4. The second-order valence-electron chi connectivity index (χ2n) is 12.4. The standard InChI is InChI=1S/C36H29N5O3/c1-21-8-4-5-9-26(21)29-17-24-18-37-30-16-22(2)39-41(30)32(24)38-31(29)23-12-14-25(15-13-23)36(19-35(3,44)20-36)40-33(42)27-10-6-7-11-28(27)34(40)43/h4-18,44H,19-20H2,1-3H3/t35-,36-. The molecule has 6 aromatic rings. The van der Waals surface area contributed by atoms with Gasteiger partial charge in [-0.15, -0.1) is 0 Å². The van der Waals surface area contributed by atoms with Crippen LogP contribution in [0, 0.1) is 13.8 Å². The van der Waals surface area contributed by atoms with Gasteiger partial charge in [0.2, 0.25) is 0 Å². The van der Waals surface area contributed by atoms with Crippen molar-refractivity contribution >= 4 is 28.5 Å². The van der Waals surface area contributed by atoms with Crippen LogP contribution >= 0.6 is 0 Å². The lowest BCUT2D eigenvalue weighted by Crippen LogP contribution is -2.63. The number of aliphatic hydroxyl groups is 1. The number of aryl methyl sites for hydroxylation is 2. The van der Waals surface area contributed by atoms with E-state index in [1.807, 2.05) is 55.6 Å². The van der Waals surface area contributed by atoms with Crippen LogP contribution in [0.2, 0.25) is 0 Å². The Labute approximate surface area is 253 Å². The predicted molar refractivity (Wildman–Crippen MR) is 167 cm³/mol. The Morgan fingerprint density at radius 3 is 2.07 bits per heavy atom. The number of amides is 2. The molecule has 0 bridgehead atoms. The lowest BCUT2D eigenvalue weighted by atomic mass is 9.61. The van der Waals surface area contributed by atoms with Crippen LogP contribution in [0.3, 0.4) is 0 Å². The fraction of sp³-hybridized carbons (Fsp3) is 0.194. The van der Waals surface area contributed by atoms with Crippen molar-refractivity contribution in [3.63, 3.8) is 0 Å². The molecule has 2 amide bonds. The molecule has 0 radical (unpaired) electrons. The molecule has 0 spiro atoms. The fourth-order valence-electron chi connectivity index (χ4n) is 7.17. The van der Waals surface area contributed by atoms with Gasteiger partial charge >= 0.3 is 0 Å². The molecule has 0 saturated heterocycles. The van der Waals surface area contributed by atoms with E-state index in [-0.39, 0.29) is 24.7 Å². The molecule has 8 nitrogen and oxygen atoms in total. The van der Waals surface area contributed by atoms with Gasteiger partial charge in [-0.3, -0.25) is 14.5 Å². The minimum Gasteiger partial charge on any atom is -0.390 e. The number of hydrogen-bond donors (Lipinski definition) is 1. The fourth-order valence-corrected chi connectivity index (χ4v) is 7.17. The minimum atomic E-state index is -0.993. The molecule has 1 saturated carbocycles. The molecule has 0 atom stereocenters. The smallest absolute Gasteiger partial charge is 0.262 e. The van der Waals surface area contributed by atoms with E-state index in [1.54, 1.807) is 35.7 Å². The monoisotopic (exact) mass is 579 g/mol. The van der Waals surface area contributed by atoms with Crippen LogP contribution in [-0.4, -0.2) is 47.0 Å². The number of imide groups is 1. The van der Waals surface area contributed by atoms with Crippen LogP contribution in [0.1, 0.15) is 57.3 Å². The van der Waals surface area contributed by atoms with Gasteiger partial charge in [-0.1, -0.05) is 60.7 Å². The van der Waals surface area contributed by atoms with Gasteiger partial charge in [-0.2, -0.15) is 9.61 Å². The highest BCUT2D eigenvalue weighted by atomic mass is 16.3. The van der Waals surface area contributed by atoms with Crippen molar-refractivity contribution in [2.45, 2.75) is 44.8 Å². The van der Waals surface area contributed by atoms with Crippen molar-refractivity contribution in [3.05, 3.63) is 119 Å². The van der Waals surface area contributed by atoms with E-state index < -0.39 is 11.1 Å². The molecule has 1 aliphatic carbocycles. The Hall–Kier alpha value is -5.21. The molecule has 1 aliphatic heterocycles. The first-order chi connectivity index (χ1) is 21.1. The maximum atomic E-state index is 13.6. The molecule has 216 valence electrons. The number of rotatable bonds is 4. The van der Waals surface area contributed by atoms with Gasteiger partial charge in [0.25, 0.3) is 11.8 Å². The van der Waals surface area contributed by atoms with E-state index >= 15 is 0 Å². The number of carbonyl (C=O) groups is 2. The Morgan fingerprint density at radius 2 is 1.43 bits per heavy atom. The van der Waals surface area contributed by atoms with E-state index in [1.165, 1.54) is 4.90 Å². The van der Waals surface area contributed by atoms with Gasteiger partial charge in [0, 0.05) is 41.6 Å². The first-order valence-corrected chi connectivity index (χ1v) is 14.7. The van der Waals surface area contributed by atoms with Crippen molar-refractivity contribution in [1.82, 2.24) is 24.5 Å². The van der Waals surface area contributed by atoms with Gasteiger partial charge in [0.1, 0.15) is 0 Å². The third-order valence-corrected chi connectivity index (χ3v) is 9.08. The molecule has 2 aliphatic rings. The number of pyridine rings is 1. The third-order valence-electron chi connectivity index (χ3n) is 9.08. The highest BCUT2D eigenvalue weighted by Gasteiger charge is 2.60. The van der Waals surface area contributed by atoms with Gasteiger partial charge < -0.3 is 5.11 Å². The van der Waals surface area contributed by atoms with Crippen molar-refractivity contribution in [1.29, 1.82) is 0 Å². The summed E-state index contributed by atoms with van der Waals surface area (Å²) in [6.07, 6.45) is 2.36. The third kappa shape index (κ3) is 3.77. The van der Waals surface area contributed by atoms with Gasteiger partial charge in [0.05, 0.1) is 33.7 Å². The summed E-state index contributed by atoms with van der Waals surface area (Å²) in [6.45, 7) is 5.76. The van der Waals surface area contributed by atoms with Crippen LogP contribution in [0.15, 0.2) is 91.1 Å². The van der Waals surface area contributed by atoms with Crippen molar-refractivity contribution in [2.75, 3.05) is 0 Å². The summed E-state index contributed by atoms with van der Waals surface area (Å²) in [5.74, 6) is -0.647. The summed E-state index contributed by atoms with van der Waals surface area (Å²) < 4.78 is 1.78. The van der Waals surface area contributed by atoms with E-state index in [0.717, 1.165) is 50.2 Å². The molecule has 1 fully saturated rings. The number of aromatic nitrogens is 4. The summed E-state index contributed by atoms with van der Waals surface area (Å²) in [5.41, 5.74) is 6.77. The maximum Gasteiger partial charge on any atom is 0.262 e. The first kappa shape index (κ1) is 26.4. The lowest BCUT2D eigenvalue weighted by Gasteiger charge is -2.55. The van der Waals surface area contributed by atoms with Crippen molar-refractivity contribution in [3.8, 4) is 22.4 Å². The molecule has 8 rings (SSSR count). The van der Waals surface area contributed by atoms with E-state index in [0.29, 0.717) is 16.8 Å². The highest BCUT2D eigenvalue weighted by Crippen LogP contribution is 2.54. The van der Waals surface area contributed by atoms with Crippen LogP contribution in [0.5, 0.6) is 0 Å². The largest absolute Gasteiger partial charge is 0.390 e. The van der Waals surface area contributed by atoms with Crippen LogP contribution in [0.4, 0.5) is 0 Å². The Morgan fingerprint density at radius 1 is 0.795 bits per heavy atom. The zero-order valence-corrected chi connectivity index (χ0v) is 24.6. The number of nitrogens with zero attached hydrogens (tertiary/aromatic N) is 5. The SMILES string of the molecule is Cc1cc2ncc3cc(-c4ccccc4C)c(-c4ccc([C@]5(N6C(=O)c7ccccc7C6=O)C[C@](C)(O)C5)cc4)nc3n2n1. The molecule has 4 heterocycles. The summed E-state index contributed by atoms with van der Waals surface area (Å²) >= 11 is 0. The van der Waals surface area contributed by atoms with Crippen molar-refractivity contribution in [2.24, 2.45) is 0 Å². The van der Waals surface area contributed by atoms with Gasteiger partial charge in [0.15, 0.2) is 11.3 Å². The quantitative estimate of drug-likeness (QED) is 0.247. The van der Waals surface area contributed by atoms with Crippen LogP contribution in [-0.2, 0) is 5.54 Å². The van der Waals surface area contributed by atoms with Gasteiger partial charge in [-0.05, 0) is 55.7 Å². The minimum absolute atomic E-state index is 0.261. The van der Waals surface area contributed by atoms with Crippen LogP contribution in [0.25, 0.3) is 39.1 Å². The number of hydrogen-bond acceptors (Lipinski definition) is 6. The molecule has 0 unspecified atom stereocenters. The first-order valence-electron chi connectivity index (χ1n) is 14.7. The zero-order valence-electron chi connectivity index (χ0n) is 24.6. The van der Waals surface area contributed by atoms with E-state index in [2.05, 4.69) is 35.2 Å². The summed E-state index contributed by atoms with van der Waals surface area (Å²) in [7, 11) is 0. The molecular weight excluding hydrogens is 550 g/mol. The molecule has 8 heteroatoms. The van der Waals surface area contributed by atoms with Crippen molar-refractivity contribution < 1.29 is 14.7 Å². The summed E-state index contributed by atoms with van der Waals surface area (Å²) in [5, 5.41) is 16.4. The topological polar surface area (TPSA) is 101 Å². The predicted octanol–water partition coefficient (Wildman–Crippen LogP) is 6.26. The summed E-state index contributed by atoms with van der Waals surface area (Å²) in [4.78, 5) is 38.3. The Balaban J connectivity index is 1.28. The van der Waals surface area contributed by atoms with Gasteiger partial charge in [-0.25, -0.2) is 9.97 Å². The lowest BCUT2D eigenvalue weighted by molar-refractivity contribution is -0.118. The number of fused-ring (bicyclic) bond motifs is 4. The van der Waals surface area contributed by atoms with E-state index in [4.69, 9.17) is 4.98 Å². The Kier molecular flexibility index (Phi) is 5.49. The second-order valence-corrected chi connectivity index (χ2v) is 12.4. The average molecular weight is 580 g/mol. The molecule has 3 aromatic heterocycles. The molecular formula is C36H29N5O3. The van der Waals surface area contributed by atoms with Crippen LogP contribution < -0.4 is 0 Å². The molecule has 1 N–H and O–H groups in total. The molecule has 3 aromatic carbocycles. The number of carbonyl (C=O) groups excluding carboxylic acids is 2. The Bertz CT molecular complexity index is 2140. The average Bonchev–Trinajstić information content (AvgIpc) is 3.51.